The normalized spacial score (nSPS) is 15.9. The predicted octanol–water partition coefficient (Wildman–Crippen LogP) is 4.78. The maximum Gasteiger partial charge on any atom is 0.335 e. The van der Waals surface area contributed by atoms with Gasteiger partial charge < -0.3 is 5.11 Å². The van der Waals surface area contributed by atoms with Crippen LogP contribution in [0.3, 0.4) is 0 Å². The van der Waals surface area contributed by atoms with Gasteiger partial charge in [0, 0.05) is 23.0 Å². The van der Waals surface area contributed by atoms with Crippen LogP contribution in [0.2, 0.25) is 10.2 Å². The number of Topliss-reactive ketones (excluding diaryl/α,β-unsaturated/α-hetero) is 1. The van der Waals surface area contributed by atoms with Gasteiger partial charge in [-0.25, -0.2) is 9.78 Å². The van der Waals surface area contributed by atoms with Crippen LogP contribution < -0.4 is 0 Å². The number of halogens is 2. The number of nitrogens with one attached hydrogen (secondary N) is 1. The largest absolute Gasteiger partial charge is 0.478 e. The maximum atomic E-state index is 13.3. The van der Waals surface area contributed by atoms with Gasteiger partial charge in [-0.3, -0.25) is 9.89 Å². The van der Waals surface area contributed by atoms with Gasteiger partial charge in [-0.2, -0.15) is 5.10 Å². The fourth-order valence-corrected chi connectivity index (χ4v) is 4.18. The van der Waals surface area contributed by atoms with Crippen LogP contribution in [0.15, 0.2) is 36.5 Å². The number of fused-ring (bicyclic) bond motifs is 1. The first-order valence-electron chi connectivity index (χ1n) is 8.72. The molecule has 0 amide bonds. The summed E-state index contributed by atoms with van der Waals surface area (Å²) in [6, 6.07) is 7.98. The standard InChI is InChI=1S/C20H15Cl2N3O3/c21-13-8-9-23-19(22)16(13)18(26)12-2-1-3-14-15(12)17(25-24-14)10-4-6-11(7-5-10)20(27)28/h4-9,12H,1-3H2,(H,24,25)(H,27,28). The Balaban J connectivity index is 1.78. The van der Waals surface area contributed by atoms with Gasteiger partial charge in [-0.1, -0.05) is 35.3 Å². The fraction of sp³-hybridized carbons (Fsp3) is 0.200. The molecule has 142 valence electrons. The zero-order valence-corrected chi connectivity index (χ0v) is 16.1. The molecule has 8 heteroatoms. The minimum Gasteiger partial charge on any atom is -0.478 e. The molecule has 1 aromatic carbocycles. The van der Waals surface area contributed by atoms with Crippen molar-refractivity contribution in [1.29, 1.82) is 0 Å². The number of ketones is 1. The number of aromatic carboxylic acids is 1. The SMILES string of the molecule is O=C(O)c1ccc(-c2n[nH]c3c2C(C(=O)c2c(Cl)ccnc2Cl)CCC3)cc1. The van der Waals surface area contributed by atoms with Crippen molar-refractivity contribution in [2.24, 2.45) is 0 Å². The number of carboxylic acid groups (broad SMARTS) is 1. The van der Waals surface area contributed by atoms with Crippen molar-refractivity contribution < 1.29 is 14.7 Å². The molecular formula is C20H15Cl2N3O3. The third kappa shape index (κ3) is 3.19. The van der Waals surface area contributed by atoms with Crippen molar-refractivity contribution in [1.82, 2.24) is 15.2 Å². The lowest BCUT2D eigenvalue weighted by atomic mass is 9.80. The van der Waals surface area contributed by atoms with Gasteiger partial charge in [0.05, 0.1) is 27.8 Å². The van der Waals surface area contributed by atoms with E-state index in [0.29, 0.717) is 12.1 Å². The molecule has 4 rings (SSSR count). The maximum absolute atomic E-state index is 13.3. The summed E-state index contributed by atoms with van der Waals surface area (Å²) < 4.78 is 0. The topological polar surface area (TPSA) is 95.9 Å². The van der Waals surface area contributed by atoms with E-state index < -0.39 is 11.9 Å². The van der Waals surface area contributed by atoms with Gasteiger partial charge in [0.1, 0.15) is 5.15 Å². The molecule has 0 spiro atoms. The van der Waals surface area contributed by atoms with E-state index in [4.69, 9.17) is 28.3 Å². The van der Waals surface area contributed by atoms with Gasteiger partial charge in [0.15, 0.2) is 5.78 Å². The molecule has 1 aliphatic carbocycles. The number of nitrogens with zero attached hydrogens (tertiary/aromatic N) is 2. The highest BCUT2D eigenvalue weighted by molar-refractivity contribution is 6.39. The van der Waals surface area contributed by atoms with Crippen molar-refractivity contribution >= 4 is 35.0 Å². The van der Waals surface area contributed by atoms with Gasteiger partial charge in [-0.05, 0) is 37.5 Å². The summed E-state index contributed by atoms with van der Waals surface area (Å²) in [4.78, 5) is 28.4. The number of carboxylic acids is 1. The summed E-state index contributed by atoms with van der Waals surface area (Å²) in [5, 5.41) is 16.9. The third-order valence-electron chi connectivity index (χ3n) is 4.97. The van der Waals surface area contributed by atoms with E-state index in [1.807, 2.05) is 0 Å². The molecule has 0 bridgehead atoms. The summed E-state index contributed by atoms with van der Waals surface area (Å²) in [6.45, 7) is 0. The van der Waals surface area contributed by atoms with Crippen molar-refractivity contribution in [3.63, 3.8) is 0 Å². The number of hydrogen-bond donors (Lipinski definition) is 2. The Kier molecular flexibility index (Phi) is 4.91. The Morgan fingerprint density at radius 1 is 1.14 bits per heavy atom. The first kappa shape index (κ1) is 18.7. The summed E-state index contributed by atoms with van der Waals surface area (Å²) in [5.74, 6) is -1.63. The number of aromatic amines is 1. The van der Waals surface area contributed by atoms with E-state index >= 15 is 0 Å². The molecule has 0 saturated carbocycles. The minimum atomic E-state index is -0.996. The van der Waals surface area contributed by atoms with Gasteiger partial charge >= 0.3 is 5.97 Å². The van der Waals surface area contributed by atoms with Crippen LogP contribution >= 0.6 is 23.2 Å². The lowest BCUT2D eigenvalue weighted by molar-refractivity contribution is 0.0696. The second kappa shape index (κ2) is 7.37. The number of hydrogen-bond acceptors (Lipinski definition) is 4. The Labute approximate surface area is 170 Å². The Morgan fingerprint density at radius 2 is 1.89 bits per heavy atom. The second-order valence-corrected chi connectivity index (χ2v) is 7.38. The molecule has 2 heterocycles. The molecular weight excluding hydrogens is 401 g/mol. The van der Waals surface area contributed by atoms with Crippen molar-refractivity contribution in [2.75, 3.05) is 0 Å². The third-order valence-corrected chi connectivity index (χ3v) is 5.57. The van der Waals surface area contributed by atoms with Crippen LogP contribution in [0.1, 0.15) is 50.7 Å². The first-order valence-corrected chi connectivity index (χ1v) is 9.48. The van der Waals surface area contributed by atoms with E-state index in [9.17, 15) is 9.59 Å². The van der Waals surface area contributed by atoms with Crippen LogP contribution in [0.25, 0.3) is 11.3 Å². The summed E-state index contributed by atoms with van der Waals surface area (Å²) in [7, 11) is 0. The molecule has 1 atom stereocenters. The van der Waals surface area contributed by atoms with E-state index in [-0.39, 0.29) is 27.1 Å². The lowest BCUT2D eigenvalue weighted by Crippen LogP contribution is -2.19. The van der Waals surface area contributed by atoms with E-state index in [1.54, 1.807) is 18.2 Å². The Bertz CT molecular complexity index is 1060. The summed E-state index contributed by atoms with van der Waals surface area (Å²) in [6.07, 6.45) is 3.72. The minimum absolute atomic E-state index is 0.0838. The molecule has 0 saturated heterocycles. The quantitative estimate of drug-likeness (QED) is 0.472. The fourth-order valence-electron chi connectivity index (χ4n) is 3.64. The number of pyridine rings is 1. The highest BCUT2D eigenvalue weighted by Crippen LogP contribution is 2.40. The number of carbonyl (C=O) groups is 2. The molecule has 2 aromatic heterocycles. The average Bonchev–Trinajstić information content (AvgIpc) is 3.12. The summed E-state index contributed by atoms with van der Waals surface area (Å²) in [5.41, 5.74) is 3.51. The Hall–Kier alpha value is -2.70. The molecule has 0 fully saturated rings. The van der Waals surface area contributed by atoms with Crippen LogP contribution in [0.5, 0.6) is 0 Å². The average molecular weight is 416 g/mol. The molecule has 1 aliphatic rings. The number of carbonyl (C=O) groups excluding carboxylic acids is 1. The van der Waals surface area contributed by atoms with Crippen molar-refractivity contribution in [3.8, 4) is 11.3 Å². The van der Waals surface area contributed by atoms with E-state index in [0.717, 1.165) is 29.7 Å². The first-order chi connectivity index (χ1) is 13.5. The molecule has 3 aromatic rings. The van der Waals surface area contributed by atoms with Gasteiger partial charge in [0.25, 0.3) is 0 Å². The number of H-pyrrole nitrogens is 1. The monoisotopic (exact) mass is 415 g/mol. The lowest BCUT2D eigenvalue weighted by Gasteiger charge is -2.23. The predicted molar refractivity (Wildman–Crippen MR) is 105 cm³/mol. The molecule has 28 heavy (non-hydrogen) atoms. The zero-order chi connectivity index (χ0) is 19.8. The highest BCUT2D eigenvalue weighted by Gasteiger charge is 2.34. The molecule has 1 unspecified atom stereocenters. The second-order valence-electron chi connectivity index (χ2n) is 6.61. The van der Waals surface area contributed by atoms with Crippen molar-refractivity contribution in [3.05, 3.63) is 69.1 Å². The van der Waals surface area contributed by atoms with Crippen LogP contribution in [0.4, 0.5) is 0 Å². The Morgan fingerprint density at radius 3 is 2.57 bits per heavy atom. The molecule has 2 N–H and O–H groups in total. The number of benzene rings is 1. The highest BCUT2D eigenvalue weighted by atomic mass is 35.5. The van der Waals surface area contributed by atoms with Gasteiger partial charge in [0.2, 0.25) is 0 Å². The van der Waals surface area contributed by atoms with Crippen LogP contribution in [-0.4, -0.2) is 32.0 Å². The summed E-state index contributed by atoms with van der Waals surface area (Å²) >= 11 is 12.4. The smallest absolute Gasteiger partial charge is 0.335 e. The molecule has 0 radical (unpaired) electrons. The number of aryl methyl sites for hydroxylation is 1. The van der Waals surface area contributed by atoms with Crippen LogP contribution in [0, 0.1) is 0 Å². The van der Waals surface area contributed by atoms with E-state index in [1.165, 1.54) is 18.3 Å². The zero-order valence-electron chi connectivity index (χ0n) is 14.6. The van der Waals surface area contributed by atoms with Crippen molar-refractivity contribution in [2.45, 2.75) is 25.2 Å². The number of aromatic nitrogens is 3. The van der Waals surface area contributed by atoms with Crippen LogP contribution in [-0.2, 0) is 6.42 Å². The molecule has 0 aliphatic heterocycles. The van der Waals surface area contributed by atoms with Gasteiger partial charge in [-0.15, -0.1) is 0 Å². The molecule has 6 nitrogen and oxygen atoms in total. The van der Waals surface area contributed by atoms with E-state index in [2.05, 4.69) is 15.2 Å². The number of rotatable bonds is 4.